The minimum absolute atomic E-state index is 0.0983. The first-order chi connectivity index (χ1) is 7.55. The fraction of sp³-hybridized carbons (Fsp3) is 1.00. The highest BCUT2D eigenvalue weighted by molar-refractivity contribution is 7.89. The Morgan fingerprint density at radius 2 is 1.75 bits per heavy atom. The quantitative estimate of drug-likeness (QED) is 0.577. The van der Waals surface area contributed by atoms with Gasteiger partial charge in [-0.15, -0.1) is 0 Å². The van der Waals surface area contributed by atoms with Gasteiger partial charge in [-0.1, -0.05) is 27.2 Å². The van der Waals surface area contributed by atoms with Crippen LogP contribution in [0.25, 0.3) is 0 Å². The normalized spacial score (nSPS) is 13.9. The van der Waals surface area contributed by atoms with Gasteiger partial charge >= 0.3 is 0 Å². The number of hydrogen-bond acceptors (Lipinski definition) is 3. The van der Waals surface area contributed by atoms with Gasteiger partial charge in [-0.3, -0.25) is 0 Å². The molecule has 4 nitrogen and oxygen atoms in total. The average molecular weight is 250 g/mol. The van der Waals surface area contributed by atoms with Crippen LogP contribution in [0.2, 0.25) is 0 Å². The molecule has 0 fully saturated rings. The summed E-state index contributed by atoms with van der Waals surface area (Å²) in [4.78, 5) is 0. The third kappa shape index (κ3) is 8.07. The molecule has 0 aliphatic carbocycles. The highest BCUT2D eigenvalue weighted by Gasteiger charge is 2.15. The Balaban J connectivity index is 3.92. The summed E-state index contributed by atoms with van der Waals surface area (Å²) in [5.41, 5.74) is 0. The standard InChI is InChI=1S/C11H26N2O2S/c1-4-7-11(6-3)13-16(14,15)10-9-12-8-5-2/h11-13H,4-10H2,1-3H3. The van der Waals surface area contributed by atoms with Gasteiger partial charge in [-0.25, -0.2) is 13.1 Å². The largest absolute Gasteiger partial charge is 0.316 e. The summed E-state index contributed by atoms with van der Waals surface area (Å²) in [6.07, 6.45) is 3.81. The molecule has 1 unspecified atom stereocenters. The van der Waals surface area contributed by atoms with E-state index in [2.05, 4.69) is 23.9 Å². The molecule has 2 N–H and O–H groups in total. The van der Waals surface area contributed by atoms with Gasteiger partial charge < -0.3 is 5.32 Å². The summed E-state index contributed by atoms with van der Waals surface area (Å²) >= 11 is 0. The molecule has 0 aromatic carbocycles. The lowest BCUT2D eigenvalue weighted by molar-refractivity contribution is 0.511. The number of hydrogen-bond donors (Lipinski definition) is 2. The summed E-state index contributed by atoms with van der Waals surface area (Å²) in [7, 11) is -3.11. The van der Waals surface area contributed by atoms with Gasteiger partial charge in [0.05, 0.1) is 5.75 Å². The van der Waals surface area contributed by atoms with Gasteiger partial charge in [0.2, 0.25) is 10.0 Å². The van der Waals surface area contributed by atoms with Crippen LogP contribution in [-0.4, -0.2) is 33.3 Å². The third-order valence-electron chi connectivity index (χ3n) is 2.45. The molecule has 0 aliphatic rings. The molecule has 0 radical (unpaired) electrons. The van der Waals surface area contributed by atoms with E-state index in [1.807, 2.05) is 6.92 Å². The van der Waals surface area contributed by atoms with Crippen LogP contribution in [0.15, 0.2) is 0 Å². The number of sulfonamides is 1. The Labute approximate surface area is 100 Å². The second-order valence-electron chi connectivity index (χ2n) is 4.08. The minimum Gasteiger partial charge on any atom is -0.316 e. The number of nitrogens with one attached hydrogen (secondary N) is 2. The lowest BCUT2D eigenvalue weighted by atomic mass is 10.1. The van der Waals surface area contributed by atoms with E-state index < -0.39 is 10.0 Å². The molecule has 0 bridgehead atoms. The van der Waals surface area contributed by atoms with Crippen molar-refractivity contribution in [3.8, 4) is 0 Å². The fourth-order valence-electron chi connectivity index (χ4n) is 1.52. The zero-order chi connectivity index (χ0) is 12.4. The van der Waals surface area contributed by atoms with Crippen LogP contribution in [0, 0.1) is 0 Å². The van der Waals surface area contributed by atoms with Crippen LogP contribution < -0.4 is 10.0 Å². The van der Waals surface area contributed by atoms with E-state index in [9.17, 15) is 8.42 Å². The van der Waals surface area contributed by atoms with E-state index in [0.717, 1.165) is 32.2 Å². The molecular formula is C11H26N2O2S. The molecule has 5 heteroatoms. The maximum atomic E-state index is 11.7. The number of rotatable bonds is 10. The molecule has 1 atom stereocenters. The monoisotopic (exact) mass is 250 g/mol. The topological polar surface area (TPSA) is 58.2 Å². The van der Waals surface area contributed by atoms with E-state index in [-0.39, 0.29) is 11.8 Å². The molecule has 0 rings (SSSR count). The van der Waals surface area contributed by atoms with Crippen molar-refractivity contribution in [3.05, 3.63) is 0 Å². The summed E-state index contributed by atoms with van der Waals surface area (Å²) < 4.78 is 26.1. The van der Waals surface area contributed by atoms with Crippen molar-refractivity contribution in [1.82, 2.24) is 10.0 Å². The molecule has 0 saturated heterocycles. The van der Waals surface area contributed by atoms with Crippen molar-refractivity contribution in [1.29, 1.82) is 0 Å². The lowest BCUT2D eigenvalue weighted by Gasteiger charge is -2.16. The van der Waals surface area contributed by atoms with E-state index in [4.69, 9.17) is 0 Å². The lowest BCUT2D eigenvalue weighted by Crippen LogP contribution is -2.38. The molecule has 0 amide bonds. The second-order valence-corrected chi connectivity index (χ2v) is 5.95. The maximum Gasteiger partial charge on any atom is 0.213 e. The second kappa shape index (κ2) is 8.96. The Hall–Kier alpha value is -0.130. The van der Waals surface area contributed by atoms with Crippen molar-refractivity contribution in [2.45, 2.75) is 52.5 Å². The van der Waals surface area contributed by atoms with Gasteiger partial charge in [0.15, 0.2) is 0 Å². The Morgan fingerprint density at radius 3 is 2.25 bits per heavy atom. The van der Waals surface area contributed by atoms with Crippen LogP contribution in [-0.2, 0) is 10.0 Å². The molecule has 0 aromatic heterocycles. The highest BCUT2D eigenvalue weighted by atomic mass is 32.2. The summed E-state index contributed by atoms with van der Waals surface area (Å²) in [5, 5.41) is 3.10. The first-order valence-electron chi connectivity index (χ1n) is 6.26. The molecule has 98 valence electrons. The Morgan fingerprint density at radius 1 is 1.06 bits per heavy atom. The van der Waals surface area contributed by atoms with Crippen molar-refractivity contribution in [2.24, 2.45) is 0 Å². The van der Waals surface area contributed by atoms with Crippen molar-refractivity contribution < 1.29 is 8.42 Å². The molecule has 0 aromatic rings. The van der Waals surface area contributed by atoms with Gasteiger partial charge in [0, 0.05) is 12.6 Å². The average Bonchev–Trinajstić information content (AvgIpc) is 2.23. The summed E-state index contributed by atoms with van der Waals surface area (Å²) in [6.45, 7) is 7.56. The zero-order valence-electron chi connectivity index (χ0n) is 10.8. The Bertz CT molecular complexity index is 253. The highest BCUT2D eigenvalue weighted by Crippen LogP contribution is 2.02. The molecule has 0 saturated carbocycles. The predicted octanol–water partition coefficient (Wildman–Crippen LogP) is 1.48. The van der Waals surface area contributed by atoms with Crippen LogP contribution in [0.4, 0.5) is 0 Å². The van der Waals surface area contributed by atoms with Crippen LogP contribution in [0.3, 0.4) is 0 Å². The SMILES string of the molecule is CCCNCCS(=O)(=O)NC(CC)CCC. The molecular weight excluding hydrogens is 224 g/mol. The van der Waals surface area contributed by atoms with Crippen LogP contribution in [0.1, 0.15) is 46.5 Å². The van der Waals surface area contributed by atoms with Crippen LogP contribution in [0.5, 0.6) is 0 Å². The summed E-state index contributed by atoms with van der Waals surface area (Å²) in [5.74, 6) is 0.174. The minimum atomic E-state index is -3.11. The van der Waals surface area contributed by atoms with E-state index >= 15 is 0 Å². The first kappa shape index (κ1) is 15.9. The zero-order valence-corrected chi connectivity index (χ0v) is 11.6. The third-order valence-corrected chi connectivity index (χ3v) is 3.88. The maximum absolute atomic E-state index is 11.7. The van der Waals surface area contributed by atoms with Crippen LogP contribution >= 0.6 is 0 Å². The fourth-order valence-corrected chi connectivity index (χ4v) is 2.84. The van der Waals surface area contributed by atoms with E-state index in [1.54, 1.807) is 0 Å². The van der Waals surface area contributed by atoms with Crippen molar-refractivity contribution >= 4 is 10.0 Å². The predicted molar refractivity (Wildman–Crippen MR) is 69.1 cm³/mol. The van der Waals surface area contributed by atoms with Gasteiger partial charge in [0.25, 0.3) is 0 Å². The Kier molecular flexibility index (Phi) is 8.89. The summed E-state index contributed by atoms with van der Waals surface area (Å²) in [6, 6.07) is 0.0983. The molecule has 0 spiro atoms. The van der Waals surface area contributed by atoms with Gasteiger partial charge in [-0.05, 0) is 25.8 Å². The molecule has 0 aliphatic heterocycles. The van der Waals surface area contributed by atoms with E-state index in [1.165, 1.54) is 0 Å². The molecule has 0 heterocycles. The molecule has 16 heavy (non-hydrogen) atoms. The van der Waals surface area contributed by atoms with E-state index in [0.29, 0.717) is 6.54 Å². The smallest absolute Gasteiger partial charge is 0.213 e. The van der Waals surface area contributed by atoms with Gasteiger partial charge in [0.1, 0.15) is 0 Å². The van der Waals surface area contributed by atoms with Gasteiger partial charge in [-0.2, -0.15) is 0 Å². The first-order valence-corrected chi connectivity index (χ1v) is 7.91. The van der Waals surface area contributed by atoms with Crippen molar-refractivity contribution in [3.63, 3.8) is 0 Å². The van der Waals surface area contributed by atoms with Crippen molar-refractivity contribution in [2.75, 3.05) is 18.8 Å².